The predicted octanol–water partition coefficient (Wildman–Crippen LogP) is 5.09. The molecule has 5 heteroatoms. The molecule has 2 aromatic carbocycles. The Morgan fingerprint density at radius 1 is 0.885 bits per heavy atom. The van der Waals surface area contributed by atoms with E-state index in [1.165, 1.54) is 32.4 Å². The Bertz CT molecular complexity index is 681. The highest BCUT2D eigenvalue weighted by molar-refractivity contribution is 6.20. The van der Waals surface area contributed by atoms with Crippen LogP contribution >= 0.6 is 0 Å². The molecule has 0 atom stereocenters. The summed E-state index contributed by atoms with van der Waals surface area (Å²) in [4.78, 5) is 11.5. The summed E-state index contributed by atoms with van der Waals surface area (Å²) in [5.74, 6) is 0.158. The zero-order valence-corrected chi connectivity index (χ0v) is 16.2. The monoisotopic (exact) mass is 360 g/mol. The second-order valence-corrected chi connectivity index (χ2v) is 4.56. The molecule has 2 rings (SSSR count). The normalized spacial score (nSPS) is 9.85. The highest BCUT2D eigenvalue weighted by Gasteiger charge is 2.11. The van der Waals surface area contributed by atoms with Crippen LogP contribution in [-0.2, 0) is 4.79 Å². The molecule has 26 heavy (non-hydrogen) atoms. The maximum atomic E-state index is 11.5. The largest absolute Gasteiger partial charge is 0.508 e. The van der Waals surface area contributed by atoms with Gasteiger partial charge >= 0.3 is 5.97 Å². The number of ether oxygens (including phenoxy) is 2. The van der Waals surface area contributed by atoms with Gasteiger partial charge in [-0.25, -0.2) is 4.79 Å². The number of aromatic hydroxyl groups is 1. The molecule has 2 aromatic rings. The number of hydrogen-bond donors (Lipinski definition) is 2. The number of carboxylic acid groups (broad SMARTS) is 1. The molecule has 0 amide bonds. The van der Waals surface area contributed by atoms with Crippen LogP contribution in [0.25, 0.3) is 11.6 Å². The predicted molar refractivity (Wildman–Crippen MR) is 106 cm³/mol. The number of phenolic OH excluding ortho intramolecular Hbond substituents is 1. The van der Waals surface area contributed by atoms with Crippen molar-refractivity contribution in [1.82, 2.24) is 0 Å². The second kappa shape index (κ2) is 12.4. The topological polar surface area (TPSA) is 76.0 Å². The first-order valence-electron chi connectivity index (χ1n) is 8.51. The van der Waals surface area contributed by atoms with Crippen LogP contribution in [0.1, 0.15) is 38.8 Å². The van der Waals surface area contributed by atoms with Gasteiger partial charge in [-0.1, -0.05) is 39.8 Å². The fraction of sp³-hybridized carbons (Fsp3) is 0.286. The molecular weight excluding hydrogens is 332 g/mol. The Kier molecular flexibility index (Phi) is 11.0. The van der Waals surface area contributed by atoms with E-state index in [0.717, 1.165) is 0 Å². The lowest BCUT2D eigenvalue weighted by Crippen LogP contribution is -1.99. The lowest BCUT2D eigenvalue weighted by Gasteiger charge is -2.08. The minimum atomic E-state index is -1.06. The van der Waals surface area contributed by atoms with Crippen LogP contribution in [0.15, 0.2) is 42.5 Å². The average Bonchev–Trinajstić information content (AvgIpc) is 2.69. The van der Waals surface area contributed by atoms with Gasteiger partial charge in [0.2, 0.25) is 0 Å². The molecule has 0 unspecified atom stereocenters. The average molecular weight is 360 g/mol. The molecule has 0 saturated carbocycles. The van der Waals surface area contributed by atoms with Gasteiger partial charge in [0, 0.05) is 6.07 Å². The zero-order chi connectivity index (χ0) is 20.1. The molecule has 0 bridgehead atoms. The van der Waals surface area contributed by atoms with E-state index in [4.69, 9.17) is 9.47 Å². The third-order valence-corrected chi connectivity index (χ3v) is 3.09. The Morgan fingerprint density at radius 2 is 1.35 bits per heavy atom. The SMILES string of the molecule is CC.CC.COc1cc(/C=C(/C(=O)O)c2ccc(O)cc2)cc(OC)c1. The summed E-state index contributed by atoms with van der Waals surface area (Å²) in [5.41, 5.74) is 1.24. The second-order valence-electron chi connectivity index (χ2n) is 4.56. The van der Waals surface area contributed by atoms with Crippen LogP contribution in [0.2, 0.25) is 0 Å². The number of hydrogen-bond acceptors (Lipinski definition) is 4. The van der Waals surface area contributed by atoms with Gasteiger partial charge in [-0.05, 0) is 41.5 Å². The van der Waals surface area contributed by atoms with Gasteiger partial charge in [0.25, 0.3) is 0 Å². The quantitative estimate of drug-likeness (QED) is 0.574. The van der Waals surface area contributed by atoms with Gasteiger partial charge in [0.15, 0.2) is 0 Å². The highest BCUT2D eigenvalue weighted by atomic mass is 16.5. The van der Waals surface area contributed by atoms with Crippen molar-refractivity contribution in [2.75, 3.05) is 14.2 Å². The molecule has 0 radical (unpaired) electrons. The summed E-state index contributed by atoms with van der Waals surface area (Å²) in [5, 5.41) is 18.7. The molecule has 0 spiro atoms. The maximum Gasteiger partial charge on any atom is 0.336 e. The molecule has 5 nitrogen and oxygen atoms in total. The molecule has 142 valence electrons. The van der Waals surface area contributed by atoms with Gasteiger partial charge < -0.3 is 19.7 Å². The number of aliphatic carboxylic acids is 1. The zero-order valence-electron chi connectivity index (χ0n) is 16.2. The van der Waals surface area contributed by atoms with Crippen LogP contribution < -0.4 is 9.47 Å². The molecule has 0 aliphatic heterocycles. The fourth-order valence-corrected chi connectivity index (χ4v) is 1.99. The van der Waals surface area contributed by atoms with E-state index >= 15 is 0 Å². The lowest BCUT2D eigenvalue weighted by molar-refractivity contribution is -0.130. The number of benzene rings is 2. The van der Waals surface area contributed by atoms with Crippen molar-refractivity contribution in [3.8, 4) is 17.2 Å². The Balaban J connectivity index is 0.00000146. The summed E-state index contributed by atoms with van der Waals surface area (Å²) in [6.07, 6.45) is 1.53. The van der Waals surface area contributed by atoms with Crippen molar-refractivity contribution in [1.29, 1.82) is 0 Å². The van der Waals surface area contributed by atoms with Crippen molar-refractivity contribution in [3.63, 3.8) is 0 Å². The van der Waals surface area contributed by atoms with Gasteiger partial charge in [-0.15, -0.1) is 0 Å². The van der Waals surface area contributed by atoms with Crippen molar-refractivity contribution < 1.29 is 24.5 Å². The van der Waals surface area contributed by atoms with Gasteiger partial charge in [-0.2, -0.15) is 0 Å². The number of phenols is 1. The summed E-state index contributed by atoms with van der Waals surface area (Å²) in [6, 6.07) is 11.1. The molecule has 0 heterocycles. The van der Waals surface area contributed by atoms with Crippen LogP contribution in [0.3, 0.4) is 0 Å². The first kappa shape index (κ1) is 23.1. The van der Waals surface area contributed by atoms with E-state index in [1.54, 1.807) is 30.3 Å². The lowest BCUT2D eigenvalue weighted by atomic mass is 10.0. The smallest absolute Gasteiger partial charge is 0.336 e. The summed E-state index contributed by atoms with van der Waals surface area (Å²) >= 11 is 0. The number of rotatable bonds is 5. The highest BCUT2D eigenvalue weighted by Crippen LogP contribution is 2.27. The summed E-state index contributed by atoms with van der Waals surface area (Å²) < 4.78 is 10.3. The van der Waals surface area contributed by atoms with Gasteiger partial charge in [-0.3, -0.25) is 0 Å². The minimum absolute atomic E-state index is 0.0801. The van der Waals surface area contributed by atoms with E-state index in [2.05, 4.69) is 0 Å². The standard InChI is InChI=1S/C17H16O5.2C2H6/c1-21-14-7-11(8-15(10-14)22-2)9-16(17(19)20)12-3-5-13(18)6-4-12;2*1-2/h3-10,18H,1-2H3,(H,19,20);2*1-2H3/b16-9+;;. The molecule has 0 aliphatic rings. The summed E-state index contributed by atoms with van der Waals surface area (Å²) in [7, 11) is 3.06. The van der Waals surface area contributed by atoms with Crippen molar-refractivity contribution in [2.24, 2.45) is 0 Å². The number of methoxy groups -OCH3 is 2. The van der Waals surface area contributed by atoms with E-state index in [0.29, 0.717) is 22.6 Å². The van der Waals surface area contributed by atoms with Crippen molar-refractivity contribution >= 4 is 17.6 Å². The molecule has 0 aliphatic carbocycles. The number of carbonyl (C=O) groups is 1. The van der Waals surface area contributed by atoms with Crippen LogP contribution in [0, 0.1) is 0 Å². The van der Waals surface area contributed by atoms with E-state index in [9.17, 15) is 15.0 Å². The Hall–Kier alpha value is -2.95. The van der Waals surface area contributed by atoms with Crippen molar-refractivity contribution in [2.45, 2.75) is 27.7 Å². The van der Waals surface area contributed by atoms with Crippen LogP contribution in [0.5, 0.6) is 17.2 Å². The van der Waals surface area contributed by atoms with Crippen molar-refractivity contribution in [3.05, 3.63) is 53.6 Å². The molecular formula is C21H28O5. The minimum Gasteiger partial charge on any atom is -0.508 e. The third kappa shape index (κ3) is 6.89. The van der Waals surface area contributed by atoms with Crippen LogP contribution in [0.4, 0.5) is 0 Å². The fourth-order valence-electron chi connectivity index (χ4n) is 1.99. The summed E-state index contributed by atoms with van der Waals surface area (Å²) in [6.45, 7) is 8.00. The first-order chi connectivity index (χ1) is 12.5. The number of carboxylic acids is 1. The Morgan fingerprint density at radius 3 is 1.73 bits per heavy atom. The molecule has 0 fully saturated rings. The Labute approximate surface area is 155 Å². The van der Waals surface area contributed by atoms with Gasteiger partial charge in [0.1, 0.15) is 17.2 Å². The molecule has 0 saturated heterocycles. The molecule has 0 aromatic heterocycles. The van der Waals surface area contributed by atoms with E-state index < -0.39 is 5.97 Å². The van der Waals surface area contributed by atoms with E-state index in [-0.39, 0.29) is 11.3 Å². The maximum absolute atomic E-state index is 11.5. The molecule has 2 N–H and O–H groups in total. The third-order valence-electron chi connectivity index (χ3n) is 3.09. The van der Waals surface area contributed by atoms with Crippen LogP contribution in [-0.4, -0.2) is 30.4 Å². The van der Waals surface area contributed by atoms with Gasteiger partial charge in [0.05, 0.1) is 19.8 Å². The van der Waals surface area contributed by atoms with E-state index in [1.807, 2.05) is 27.7 Å². The first-order valence-corrected chi connectivity index (χ1v) is 8.51.